The lowest BCUT2D eigenvalue weighted by atomic mass is 10.3. The molecule has 0 fully saturated rings. The van der Waals surface area contributed by atoms with Crippen LogP contribution in [0, 0.1) is 17.1 Å². The number of nitrogens with zero attached hydrogens (tertiary/aromatic N) is 3. The van der Waals surface area contributed by atoms with Gasteiger partial charge in [0.05, 0.1) is 16.7 Å². The first kappa shape index (κ1) is 12.8. The van der Waals surface area contributed by atoms with Gasteiger partial charge in [-0.3, -0.25) is 5.43 Å². The highest BCUT2D eigenvalue weighted by molar-refractivity contribution is 6.10. The second kappa shape index (κ2) is 5.43. The van der Waals surface area contributed by atoms with E-state index in [0.717, 1.165) is 11.0 Å². The molecule has 102 valence electrons. The van der Waals surface area contributed by atoms with E-state index in [1.165, 1.54) is 24.3 Å². The molecule has 6 heteroatoms. The zero-order valence-corrected chi connectivity index (χ0v) is 10.8. The van der Waals surface area contributed by atoms with Crippen molar-refractivity contribution in [2.75, 3.05) is 5.43 Å². The number of aromatic nitrogens is 2. The number of rotatable bonds is 3. The molecule has 1 aromatic heterocycles. The first-order chi connectivity index (χ1) is 10.3. The Labute approximate surface area is 119 Å². The quantitative estimate of drug-likeness (QED) is 0.571. The van der Waals surface area contributed by atoms with Gasteiger partial charge in [0.15, 0.2) is 5.82 Å². The van der Waals surface area contributed by atoms with Crippen LogP contribution in [0.2, 0.25) is 0 Å². The van der Waals surface area contributed by atoms with E-state index in [1.807, 2.05) is 30.3 Å². The predicted octanol–water partition coefficient (Wildman–Crippen LogP) is 3.04. The summed E-state index contributed by atoms with van der Waals surface area (Å²) in [6.07, 6.45) is 0. The van der Waals surface area contributed by atoms with Gasteiger partial charge in [-0.2, -0.15) is 10.4 Å². The second-order valence-corrected chi connectivity index (χ2v) is 4.29. The van der Waals surface area contributed by atoms with Crippen LogP contribution in [0.1, 0.15) is 5.82 Å². The van der Waals surface area contributed by atoms with Crippen LogP contribution in [-0.4, -0.2) is 15.7 Å². The van der Waals surface area contributed by atoms with Crippen LogP contribution >= 0.6 is 0 Å². The summed E-state index contributed by atoms with van der Waals surface area (Å²) in [6.45, 7) is 0. The van der Waals surface area contributed by atoms with Gasteiger partial charge in [-0.05, 0) is 36.4 Å². The molecular formula is C15H10FN5. The van der Waals surface area contributed by atoms with Crippen molar-refractivity contribution in [3.8, 4) is 6.07 Å². The standard InChI is InChI=1S/C15H10FN5/c16-10-5-7-11(8-6-10)20-21-14(9-17)15-18-12-3-1-2-4-13(12)19-15/h1-8,20H,(H,18,19). The molecule has 0 unspecified atom stereocenters. The highest BCUT2D eigenvalue weighted by atomic mass is 19.1. The van der Waals surface area contributed by atoms with Crippen LogP contribution in [0.5, 0.6) is 0 Å². The zero-order chi connectivity index (χ0) is 14.7. The molecule has 1 heterocycles. The van der Waals surface area contributed by atoms with Gasteiger partial charge in [0, 0.05) is 0 Å². The molecular weight excluding hydrogens is 269 g/mol. The number of anilines is 1. The largest absolute Gasteiger partial charge is 0.336 e. The van der Waals surface area contributed by atoms with Gasteiger partial charge in [0.25, 0.3) is 0 Å². The van der Waals surface area contributed by atoms with E-state index in [4.69, 9.17) is 0 Å². The number of fused-ring (bicyclic) bond motifs is 1. The fourth-order valence-electron chi connectivity index (χ4n) is 1.84. The lowest BCUT2D eigenvalue weighted by Gasteiger charge is -1.99. The number of imidazole rings is 1. The minimum Gasteiger partial charge on any atom is -0.336 e. The predicted molar refractivity (Wildman–Crippen MR) is 78.3 cm³/mol. The Morgan fingerprint density at radius 2 is 1.95 bits per heavy atom. The van der Waals surface area contributed by atoms with E-state index in [0.29, 0.717) is 11.5 Å². The smallest absolute Gasteiger partial charge is 0.203 e. The summed E-state index contributed by atoms with van der Waals surface area (Å²) in [5.74, 6) is 0.0515. The van der Waals surface area contributed by atoms with Gasteiger partial charge in [0.2, 0.25) is 5.71 Å². The van der Waals surface area contributed by atoms with Gasteiger partial charge >= 0.3 is 0 Å². The van der Waals surface area contributed by atoms with Crippen molar-refractivity contribution >= 4 is 22.4 Å². The Morgan fingerprint density at radius 3 is 2.67 bits per heavy atom. The maximum absolute atomic E-state index is 12.8. The number of aromatic amines is 1. The summed E-state index contributed by atoms with van der Waals surface area (Å²) < 4.78 is 12.8. The normalized spacial score (nSPS) is 11.3. The Hall–Kier alpha value is -3.20. The highest BCUT2D eigenvalue weighted by Crippen LogP contribution is 2.12. The molecule has 0 atom stereocenters. The summed E-state index contributed by atoms with van der Waals surface area (Å²) in [7, 11) is 0. The summed E-state index contributed by atoms with van der Waals surface area (Å²) in [5, 5.41) is 13.2. The van der Waals surface area contributed by atoms with Crippen molar-refractivity contribution in [1.82, 2.24) is 9.97 Å². The summed E-state index contributed by atoms with van der Waals surface area (Å²) in [5.41, 5.74) is 5.00. The Bertz CT molecular complexity index is 809. The lowest BCUT2D eigenvalue weighted by Crippen LogP contribution is -2.03. The molecule has 21 heavy (non-hydrogen) atoms. The maximum Gasteiger partial charge on any atom is 0.203 e. The molecule has 3 rings (SSSR count). The monoisotopic (exact) mass is 279 g/mol. The summed E-state index contributed by atoms with van der Waals surface area (Å²) >= 11 is 0. The van der Waals surface area contributed by atoms with E-state index >= 15 is 0 Å². The SMILES string of the molecule is N#CC(=NNc1ccc(F)cc1)c1nc2ccccc2[nH]1. The number of H-pyrrole nitrogens is 1. The number of hydrogen-bond donors (Lipinski definition) is 2. The van der Waals surface area contributed by atoms with Crippen LogP contribution in [0.3, 0.4) is 0 Å². The first-order valence-electron chi connectivity index (χ1n) is 6.21. The maximum atomic E-state index is 12.8. The zero-order valence-electron chi connectivity index (χ0n) is 10.8. The van der Waals surface area contributed by atoms with Crippen LogP contribution in [0.25, 0.3) is 11.0 Å². The van der Waals surface area contributed by atoms with E-state index in [-0.39, 0.29) is 11.5 Å². The van der Waals surface area contributed by atoms with Gasteiger partial charge in [0.1, 0.15) is 11.9 Å². The molecule has 5 nitrogen and oxygen atoms in total. The third-order valence-corrected chi connectivity index (χ3v) is 2.86. The molecule has 0 saturated carbocycles. The molecule has 0 aliphatic heterocycles. The molecule has 0 aliphatic carbocycles. The number of hydrogen-bond acceptors (Lipinski definition) is 4. The van der Waals surface area contributed by atoms with Crippen LogP contribution in [0.4, 0.5) is 10.1 Å². The van der Waals surface area contributed by atoms with Crippen LogP contribution in [0.15, 0.2) is 53.6 Å². The number of nitriles is 1. The molecule has 0 amide bonds. The van der Waals surface area contributed by atoms with Crippen molar-refractivity contribution in [2.24, 2.45) is 5.10 Å². The topological polar surface area (TPSA) is 76.9 Å². The van der Waals surface area contributed by atoms with Crippen molar-refractivity contribution < 1.29 is 4.39 Å². The van der Waals surface area contributed by atoms with Crippen molar-refractivity contribution in [3.63, 3.8) is 0 Å². The second-order valence-electron chi connectivity index (χ2n) is 4.29. The number of nitrogens with one attached hydrogen (secondary N) is 2. The van der Waals surface area contributed by atoms with Crippen LogP contribution in [-0.2, 0) is 0 Å². The van der Waals surface area contributed by atoms with Gasteiger partial charge in [-0.1, -0.05) is 12.1 Å². The number of benzene rings is 2. The Balaban J connectivity index is 1.89. The summed E-state index contributed by atoms with van der Waals surface area (Å²) in [4.78, 5) is 7.33. The Morgan fingerprint density at radius 1 is 1.19 bits per heavy atom. The fourth-order valence-corrected chi connectivity index (χ4v) is 1.84. The molecule has 2 N–H and O–H groups in total. The van der Waals surface area contributed by atoms with Gasteiger partial charge in [-0.15, -0.1) is 0 Å². The minimum atomic E-state index is -0.331. The molecule has 0 saturated heterocycles. The first-order valence-corrected chi connectivity index (χ1v) is 6.21. The molecule has 0 aliphatic rings. The number of hydrazone groups is 1. The number of para-hydroxylation sites is 2. The van der Waals surface area contributed by atoms with E-state index in [9.17, 15) is 9.65 Å². The fraction of sp³-hybridized carbons (Fsp3) is 0. The minimum absolute atomic E-state index is 0.121. The van der Waals surface area contributed by atoms with Gasteiger partial charge in [-0.25, -0.2) is 9.37 Å². The van der Waals surface area contributed by atoms with E-state index in [1.54, 1.807) is 0 Å². The molecule has 0 spiro atoms. The van der Waals surface area contributed by atoms with Crippen molar-refractivity contribution in [2.45, 2.75) is 0 Å². The van der Waals surface area contributed by atoms with Crippen molar-refractivity contribution in [3.05, 3.63) is 60.2 Å². The number of halogens is 1. The average Bonchev–Trinajstić information content (AvgIpc) is 2.93. The Kier molecular flexibility index (Phi) is 3.31. The lowest BCUT2D eigenvalue weighted by molar-refractivity contribution is 0.628. The average molecular weight is 279 g/mol. The molecule has 2 aromatic carbocycles. The summed E-state index contributed by atoms with van der Waals surface area (Å²) in [6, 6.07) is 15.1. The van der Waals surface area contributed by atoms with Crippen molar-refractivity contribution in [1.29, 1.82) is 5.26 Å². The van der Waals surface area contributed by atoms with Gasteiger partial charge < -0.3 is 4.98 Å². The van der Waals surface area contributed by atoms with E-state index < -0.39 is 0 Å². The molecule has 0 bridgehead atoms. The third kappa shape index (κ3) is 2.72. The highest BCUT2D eigenvalue weighted by Gasteiger charge is 2.08. The third-order valence-electron chi connectivity index (χ3n) is 2.86. The molecule has 3 aromatic rings. The van der Waals surface area contributed by atoms with Crippen LogP contribution < -0.4 is 5.43 Å². The molecule has 0 radical (unpaired) electrons. The van der Waals surface area contributed by atoms with E-state index in [2.05, 4.69) is 20.5 Å².